The second-order valence-corrected chi connectivity index (χ2v) is 5.19. The maximum atomic E-state index is 5.31. The summed E-state index contributed by atoms with van der Waals surface area (Å²) >= 11 is 0. The summed E-state index contributed by atoms with van der Waals surface area (Å²) in [7, 11) is 0. The summed E-state index contributed by atoms with van der Waals surface area (Å²) in [6.45, 7) is 1.02. The number of hydrogen-bond acceptors (Lipinski definition) is 4. The van der Waals surface area contributed by atoms with Crippen molar-refractivity contribution in [2.45, 2.75) is 12.5 Å². The molecule has 21 heavy (non-hydrogen) atoms. The molecule has 1 unspecified atom stereocenters. The Hall–Kier alpha value is -2.46. The van der Waals surface area contributed by atoms with Gasteiger partial charge in [-0.1, -0.05) is 59.8 Å². The van der Waals surface area contributed by atoms with Crippen LogP contribution in [0.25, 0.3) is 22.5 Å². The van der Waals surface area contributed by atoms with E-state index in [4.69, 9.17) is 4.52 Å². The van der Waals surface area contributed by atoms with Crippen LogP contribution in [0, 0.1) is 0 Å². The molecule has 0 amide bonds. The fourth-order valence-corrected chi connectivity index (χ4v) is 2.44. The first-order valence-electron chi connectivity index (χ1n) is 7.13. The minimum atomic E-state index is 0.231. The van der Waals surface area contributed by atoms with Gasteiger partial charge >= 0.3 is 0 Å². The summed E-state index contributed by atoms with van der Waals surface area (Å²) in [5.41, 5.74) is 3.37. The molecule has 4 nitrogen and oxygen atoms in total. The van der Waals surface area contributed by atoms with Crippen molar-refractivity contribution >= 4 is 0 Å². The van der Waals surface area contributed by atoms with Crippen LogP contribution >= 0.6 is 0 Å². The maximum Gasteiger partial charge on any atom is 0.244 e. The molecule has 2 heterocycles. The maximum absolute atomic E-state index is 5.31. The molecule has 4 rings (SSSR count). The molecule has 1 aliphatic heterocycles. The van der Waals surface area contributed by atoms with Crippen LogP contribution in [0.15, 0.2) is 59.1 Å². The Morgan fingerprint density at radius 3 is 2.24 bits per heavy atom. The Morgan fingerprint density at radius 1 is 0.905 bits per heavy atom. The molecule has 1 fully saturated rings. The zero-order valence-electron chi connectivity index (χ0n) is 11.5. The van der Waals surface area contributed by atoms with Crippen LogP contribution in [0.1, 0.15) is 18.4 Å². The van der Waals surface area contributed by atoms with Crippen molar-refractivity contribution in [2.24, 2.45) is 0 Å². The first-order chi connectivity index (χ1) is 10.4. The number of hydrogen-bond donors (Lipinski definition) is 1. The lowest BCUT2D eigenvalue weighted by Gasteiger charge is -2.23. The van der Waals surface area contributed by atoms with E-state index in [1.165, 1.54) is 11.1 Å². The minimum absolute atomic E-state index is 0.231. The van der Waals surface area contributed by atoms with Crippen molar-refractivity contribution in [3.05, 3.63) is 60.5 Å². The Bertz CT molecular complexity index is 730. The van der Waals surface area contributed by atoms with Crippen molar-refractivity contribution in [3.8, 4) is 22.5 Å². The fraction of sp³-hybridized carbons (Fsp3) is 0.176. The van der Waals surface area contributed by atoms with Gasteiger partial charge in [0.15, 0.2) is 0 Å². The predicted octanol–water partition coefficient (Wildman–Crippen LogP) is 3.44. The zero-order valence-corrected chi connectivity index (χ0v) is 11.5. The summed E-state index contributed by atoms with van der Waals surface area (Å²) in [6.07, 6.45) is 1.06. The molecule has 0 aliphatic carbocycles. The van der Waals surface area contributed by atoms with Gasteiger partial charge in [-0.15, -0.1) is 0 Å². The van der Waals surface area contributed by atoms with Gasteiger partial charge in [0.05, 0.1) is 6.04 Å². The number of nitrogens with one attached hydrogen (secondary N) is 1. The third-order valence-electron chi connectivity index (χ3n) is 3.81. The summed E-state index contributed by atoms with van der Waals surface area (Å²) < 4.78 is 5.31. The normalized spacial score (nSPS) is 17.4. The van der Waals surface area contributed by atoms with E-state index >= 15 is 0 Å². The molecule has 1 aromatic heterocycles. The second kappa shape index (κ2) is 5.14. The first kappa shape index (κ1) is 12.3. The average molecular weight is 277 g/mol. The van der Waals surface area contributed by atoms with E-state index in [-0.39, 0.29) is 6.04 Å². The zero-order chi connectivity index (χ0) is 14.1. The molecular weight excluding hydrogens is 262 g/mol. The van der Waals surface area contributed by atoms with Crippen LogP contribution in [0.2, 0.25) is 0 Å². The quantitative estimate of drug-likeness (QED) is 0.796. The van der Waals surface area contributed by atoms with Gasteiger partial charge in [-0.3, -0.25) is 0 Å². The predicted molar refractivity (Wildman–Crippen MR) is 80.5 cm³/mol. The van der Waals surface area contributed by atoms with Crippen LogP contribution in [0.5, 0.6) is 0 Å². The Labute approximate surface area is 122 Å². The first-order valence-corrected chi connectivity index (χ1v) is 7.13. The van der Waals surface area contributed by atoms with E-state index in [2.05, 4.69) is 39.7 Å². The largest absolute Gasteiger partial charge is 0.337 e. The second-order valence-electron chi connectivity index (χ2n) is 5.19. The van der Waals surface area contributed by atoms with E-state index in [9.17, 15) is 0 Å². The third-order valence-corrected chi connectivity index (χ3v) is 3.81. The van der Waals surface area contributed by atoms with E-state index in [0.29, 0.717) is 11.7 Å². The highest BCUT2D eigenvalue weighted by Crippen LogP contribution is 2.26. The molecule has 0 spiro atoms. The Kier molecular flexibility index (Phi) is 3.01. The van der Waals surface area contributed by atoms with Gasteiger partial charge < -0.3 is 9.84 Å². The van der Waals surface area contributed by atoms with Crippen LogP contribution in [0.4, 0.5) is 0 Å². The van der Waals surface area contributed by atoms with Crippen molar-refractivity contribution in [3.63, 3.8) is 0 Å². The highest BCUT2D eigenvalue weighted by atomic mass is 16.5. The van der Waals surface area contributed by atoms with Crippen LogP contribution in [-0.4, -0.2) is 16.7 Å². The summed E-state index contributed by atoms with van der Waals surface area (Å²) in [5.74, 6) is 1.33. The smallest absolute Gasteiger partial charge is 0.244 e. The van der Waals surface area contributed by atoms with Gasteiger partial charge in [-0.25, -0.2) is 0 Å². The standard InChI is InChI=1S/C17H15N3O/c1-2-4-12(5-3-1)13-6-8-14(9-7-13)16-19-17(21-20-16)15-10-11-18-15/h1-9,15,18H,10-11H2. The van der Waals surface area contributed by atoms with E-state index < -0.39 is 0 Å². The number of aromatic nitrogens is 2. The minimum Gasteiger partial charge on any atom is -0.337 e. The Morgan fingerprint density at radius 2 is 1.57 bits per heavy atom. The molecule has 1 saturated heterocycles. The van der Waals surface area contributed by atoms with E-state index in [0.717, 1.165) is 18.5 Å². The molecular formula is C17H15N3O. The van der Waals surface area contributed by atoms with Gasteiger partial charge in [-0.2, -0.15) is 4.98 Å². The van der Waals surface area contributed by atoms with Gasteiger partial charge in [0.1, 0.15) is 0 Å². The molecule has 3 aromatic rings. The molecule has 0 radical (unpaired) electrons. The highest BCUT2D eigenvalue weighted by Gasteiger charge is 2.24. The fourth-order valence-electron chi connectivity index (χ4n) is 2.44. The highest BCUT2D eigenvalue weighted by molar-refractivity contribution is 5.67. The lowest BCUT2D eigenvalue weighted by molar-refractivity contribution is 0.273. The lowest BCUT2D eigenvalue weighted by Crippen LogP contribution is -2.35. The molecule has 0 saturated carbocycles. The number of nitrogens with zero attached hydrogens (tertiary/aromatic N) is 2. The summed E-state index contributed by atoms with van der Waals surface area (Å²) in [6, 6.07) is 18.8. The molecule has 0 bridgehead atoms. The van der Waals surface area contributed by atoms with Crippen molar-refractivity contribution in [2.75, 3.05) is 6.54 Å². The van der Waals surface area contributed by atoms with Gasteiger partial charge in [0, 0.05) is 5.56 Å². The van der Waals surface area contributed by atoms with Gasteiger partial charge in [-0.05, 0) is 24.1 Å². The topological polar surface area (TPSA) is 51.0 Å². The monoisotopic (exact) mass is 277 g/mol. The van der Waals surface area contributed by atoms with Crippen molar-refractivity contribution < 1.29 is 4.52 Å². The van der Waals surface area contributed by atoms with E-state index in [1.54, 1.807) is 0 Å². The molecule has 1 aliphatic rings. The summed E-state index contributed by atoms with van der Waals surface area (Å²) in [5, 5.41) is 7.33. The lowest BCUT2D eigenvalue weighted by atomic mass is 10.0. The molecule has 1 N–H and O–H groups in total. The van der Waals surface area contributed by atoms with Crippen LogP contribution < -0.4 is 5.32 Å². The third kappa shape index (κ3) is 2.34. The summed E-state index contributed by atoms with van der Waals surface area (Å²) in [4.78, 5) is 4.46. The number of benzene rings is 2. The molecule has 2 aromatic carbocycles. The number of rotatable bonds is 3. The SMILES string of the molecule is c1ccc(-c2ccc(-c3noc(C4CCN4)n3)cc2)cc1. The van der Waals surface area contributed by atoms with Crippen molar-refractivity contribution in [1.29, 1.82) is 0 Å². The van der Waals surface area contributed by atoms with Crippen LogP contribution in [0.3, 0.4) is 0 Å². The van der Waals surface area contributed by atoms with Gasteiger partial charge in [0.2, 0.25) is 11.7 Å². The average Bonchev–Trinajstić information content (AvgIpc) is 2.96. The van der Waals surface area contributed by atoms with Crippen molar-refractivity contribution in [1.82, 2.24) is 15.5 Å². The molecule has 4 heteroatoms. The van der Waals surface area contributed by atoms with E-state index in [1.807, 2.05) is 30.3 Å². The van der Waals surface area contributed by atoms with Gasteiger partial charge in [0.25, 0.3) is 0 Å². The molecule has 1 atom stereocenters. The molecule has 104 valence electrons. The van der Waals surface area contributed by atoms with Crippen LogP contribution in [-0.2, 0) is 0 Å². The Balaban J connectivity index is 1.60.